The van der Waals surface area contributed by atoms with Crippen LogP contribution in [0.2, 0.25) is 0 Å². The maximum Gasteiger partial charge on any atom is -0.0139 e. The molecule has 0 aliphatic rings. The van der Waals surface area contributed by atoms with Crippen molar-refractivity contribution in [2.45, 2.75) is 41.0 Å². The van der Waals surface area contributed by atoms with Crippen LogP contribution in [0.25, 0.3) is 0 Å². The summed E-state index contributed by atoms with van der Waals surface area (Å²) < 4.78 is 0. The average Bonchev–Trinajstić information content (AvgIpc) is 1.86. The average molecular weight is 152 g/mol. The summed E-state index contributed by atoms with van der Waals surface area (Å²) in [6.45, 7) is 10.9. The molecule has 11 heavy (non-hydrogen) atoms. The normalized spacial score (nSPS) is 11.1. The lowest BCUT2D eigenvalue weighted by atomic mass is 10.1. The van der Waals surface area contributed by atoms with Crippen molar-refractivity contribution in [2.24, 2.45) is 5.92 Å². The minimum Gasteiger partial charge on any atom is -0.0856 e. The van der Waals surface area contributed by atoms with E-state index in [1.165, 1.54) is 11.1 Å². The Morgan fingerprint density at radius 3 is 2.09 bits per heavy atom. The Kier molecular flexibility index (Phi) is 4.93. The van der Waals surface area contributed by atoms with Crippen LogP contribution in [0.3, 0.4) is 0 Å². The van der Waals surface area contributed by atoms with E-state index in [2.05, 4.69) is 46.8 Å². The van der Waals surface area contributed by atoms with Gasteiger partial charge in [0.05, 0.1) is 0 Å². The van der Waals surface area contributed by atoms with Gasteiger partial charge in [-0.1, -0.05) is 37.1 Å². The molecule has 0 heteroatoms. The Morgan fingerprint density at radius 1 is 1.18 bits per heavy atom. The zero-order valence-corrected chi connectivity index (χ0v) is 8.44. The molecule has 0 radical (unpaired) electrons. The van der Waals surface area contributed by atoms with Crippen molar-refractivity contribution in [1.29, 1.82) is 0 Å². The second kappa shape index (κ2) is 5.17. The molecule has 0 saturated heterocycles. The van der Waals surface area contributed by atoms with Gasteiger partial charge in [0.2, 0.25) is 0 Å². The highest BCUT2D eigenvalue weighted by molar-refractivity contribution is 5.10. The standard InChI is InChI=1S/C11H20/c1-9(2)7-6-8-11(5)10(3)4/h6-7,9H,8H2,1-5H3/b7-6+. The maximum atomic E-state index is 2.26. The van der Waals surface area contributed by atoms with Crippen molar-refractivity contribution >= 4 is 0 Å². The summed E-state index contributed by atoms with van der Waals surface area (Å²) in [4.78, 5) is 0. The largest absolute Gasteiger partial charge is 0.0856 e. The Balaban J connectivity index is 3.80. The lowest BCUT2D eigenvalue weighted by Gasteiger charge is -1.99. The first-order chi connectivity index (χ1) is 5.04. The highest BCUT2D eigenvalue weighted by Crippen LogP contribution is 2.08. The van der Waals surface area contributed by atoms with Crippen LogP contribution in [0, 0.1) is 5.92 Å². The van der Waals surface area contributed by atoms with Gasteiger partial charge in [-0.25, -0.2) is 0 Å². The van der Waals surface area contributed by atoms with Gasteiger partial charge in [-0.15, -0.1) is 0 Å². The van der Waals surface area contributed by atoms with E-state index in [0.717, 1.165) is 6.42 Å². The topological polar surface area (TPSA) is 0 Å². The molecular formula is C11H20. The zero-order chi connectivity index (χ0) is 8.85. The molecule has 64 valence electrons. The van der Waals surface area contributed by atoms with Gasteiger partial charge in [0.1, 0.15) is 0 Å². The predicted molar refractivity (Wildman–Crippen MR) is 52.6 cm³/mol. The molecule has 0 rings (SSSR count). The molecule has 0 atom stereocenters. The third kappa shape index (κ3) is 5.90. The quantitative estimate of drug-likeness (QED) is 0.537. The number of allylic oxidation sites excluding steroid dienone is 4. The molecule has 0 N–H and O–H groups in total. The van der Waals surface area contributed by atoms with Gasteiger partial charge >= 0.3 is 0 Å². The summed E-state index contributed by atoms with van der Waals surface area (Å²) in [7, 11) is 0. The van der Waals surface area contributed by atoms with Crippen molar-refractivity contribution in [3.63, 3.8) is 0 Å². The van der Waals surface area contributed by atoms with Gasteiger partial charge in [0.15, 0.2) is 0 Å². The summed E-state index contributed by atoms with van der Waals surface area (Å²) in [5.41, 5.74) is 2.93. The third-order valence-electron chi connectivity index (χ3n) is 1.80. The molecule has 0 aliphatic heterocycles. The van der Waals surface area contributed by atoms with E-state index in [9.17, 15) is 0 Å². The molecular weight excluding hydrogens is 132 g/mol. The molecule has 0 nitrogen and oxygen atoms in total. The fourth-order valence-electron chi connectivity index (χ4n) is 0.721. The van der Waals surface area contributed by atoms with Gasteiger partial charge in [-0.3, -0.25) is 0 Å². The fourth-order valence-corrected chi connectivity index (χ4v) is 0.721. The van der Waals surface area contributed by atoms with E-state index in [-0.39, 0.29) is 0 Å². The number of hydrogen-bond acceptors (Lipinski definition) is 0. The van der Waals surface area contributed by atoms with Gasteiger partial charge in [-0.2, -0.15) is 0 Å². The summed E-state index contributed by atoms with van der Waals surface area (Å²) in [5, 5.41) is 0. The Morgan fingerprint density at radius 2 is 1.73 bits per heavy atom. The van der Waals surface area contributed by atoms with Gasteiger partial charge in [0.25, 0.3) is 0 Å². The first-order valence-corrected chi connectivity index (χ1v) is 4.33. The molecule has 0 heterocycles. The first-order valence-electron chi connectivity index (χ1n) is 4.33. The van der Waals surface area contributed by atoms with Crippen molar-refractivity contribution in [2.75, 3.05) is 0 Å². The minimum atomic E-state index is 0.681. The number of rotatable bonds is 3. The van der Waals surface area contributed by atoms with Crippen molar-refractivity contribution in [3.05, 3.63) is 23.3 Å². The minimum absolute atomic E-state index is 0.681. The van der Waals surface area contributed by atoms with Crippen LogP contribution in [-0.4, -0.2) is 0 Å². The molecule has 0 aromatic heterocycles. The highest BCUT2D eigenvalue weighted by atomic mass is 13.9. The van der Waals surface area contributed by atoms with Crippen LogP contribution in [0.1, 0.15) is 41.0 Å². The molecule has 0 aliphatic carbocycles. The molecule has 0 fully saturated rings. The van der Waals surface area contributed by atoms with E-state index in [4.69, 9.17) is 0 Å². The summed E-state index contributed by atoms with van der Waals surface area (Å²) >= 11 is 0. The van der Waals surface area contributed by atoms with Gasteiger partial charge < -0.3 is 0 Å². The monoisotopic (exact) mass is 152 g/mol. The second-order valence-corrected chi connectivity index (χ2v) is 3.66. The van der Waals surface area contributed by atoms with E-state index in [0.29, 0.717) is 5.92 Å². The predicted octanol–water partition coefficient (Wildman–Crippen LogP) is 3.95. The smallest absolute Gasteiger partial charge is 0.0139 e. The van der Waals surface area contributed by atoms with Gasteiger partial charge in [0, 0.05) is 0 Å². The molecule has 0 unspecified atom stereocenters. The van der Waals surface area contributed by atoms with Crippen LogP contribution in [0.5, 0.6) is 0 Å². The lowest BCUT2D eigenvalue weighted by molar-refractivity contribution is 0.826. The molecule has 0 amide bonds. The third-order valence-corrected chi connectivity index (χ3v) is 1.80. The maximum absolute atomic E-state index is 2.26. The lowest BCUT2D eigenvalue weighted by Crippen LogP contribution is -1.80. The zero-order valence-electron chi connectivity index (χ0n) is 8.44. The van der Waals surface area contributed by atoms with Crippen molar-refractivity contribution in [3.8, 4) is 0 Å². The van der Waals surface area contributed by atoms with Crippen LogP contribution < -0.4 is 0 Å². The molecule has 0 saturated carbocycles. The van der Waals surface area contributed by atoms with E-state index in [1.807, 2.05) is 0 Å². The molecule has 0 aromatic rings. The Hall–Kier alpha value is -0.520. The SMILES string of the molecule is CC(C)=C(C)C/C=C/C(C)C. The first kappa shape index (κ1) is 10.5. The Bertz CT molecular complexity index is 155. The van der Waals surface area contributed by atoms with Crippen molar-refractivity contribution < 1.29 is 0 Å². The summed E-state index contributed by atoms with van der Waals surface area (Å²) in [5.74, 6) is 0.681. The fraction of sp³-hybridized carbons (Fsp3) is 0.636. The number of hydrogen-bond donors (Lipinski definition) is 0. The highest BCUT2D eigenvalue weighted by Gasteiger charge is 1.88. The van der Waals surface area contributed by atoms with Gasteiger partial charge in [-0.05, 0) is 33.1 Å². The molecule has 0 bridgehead atoms. The Labute approximate surface area is 71.0 Å². The van der Waals surface area contributed by atoms with E-state index < -0.39 is 0 Å². The summed E-state index contributed by atoms with van der Waals surface area (Å²) in [6, 6.07) is 0. The second-order valence-electron chi connectivity index (χ2n) is 3.66. The van der Waals surface area contributed by atoms with Crippen LogP contribution >= 0.6 is 0 Å². The van der Waals surface area contributed by atoms with Crippen LogP contribution in [0.4, 0.5) is 0 Å². The molecule has 0 aromatic carbocycles. The van der Waals surface area contributed by atoms with Crippen LogP contribution in [0.15, 0.2) is 23.3 Å². The van der Waals surface area contributed by atoms with E-state index in [1.54, 1.807) is 0 Å². The van der Waals surface area contributed by atoms with E-state index >= 15 is 0 Å². The molecule has 0 spiro atoms. The van der Waals surface area contributed by atoms with Crippen molar-refractivity contribution in [1.82, 2.24) is 0 Å². The van der Waals surface area contributed by atoms with Crippen LogP contribution in [-0.2, 0) is 0 Å². The summed E-state index contributed by atoms with van der Waals surface area (Å²) in [6.07, 6.45) is 5.62.